The number of hydrogen-bond donors (Lipinski definition) is 1. The van der Waals surface area contributed by atoms with Gasteiger partial charge in [-0.3, -0.25) is 9.78 Å². The first kappa shape index (κ1) is 13.7. The lowest BCUT2D eigenvalue weighted by Gasteiger charge is -2.04. The van der Waals surface area contributed by atoms with Gasteiger partial charge in [0.05, 0.1) is 0 Å². The highest BCUT2D eigenvalue weighted by molar-refractivity contribution is 9.10. The van der Waals surface area contributed by atoms with E-state index in [1.165, 1.54) is 0 Å². The van der Waals surface area contributed by atoms with Gasteiger partial charge in [0.2, 0.25) is 5.91 Å². The van der Waals surface area contributed by atoms with Crippen molar-refractivity contribution in [2.45, 2.75) is 19.3 Å². The number of amides is 1. The molecule has 2 heterocycles. The topological polar surface area (TPSA) is 54.9 Å². The maximum Gasteiger partial charge on any atom is 0.225 e. The van der Waals surface area contributed by atoms with E-state index < -0.39 is 0 Å². The molecule has 0 saturated heterocycles. The van der Waals surface area contributed by atoms with E-state index in [1.807, 2.05) is 24.3 Å². The third-order valence-electron chi connectivity index (χ3n) is 2.56. The molecule has 1 amide bonds. The van der Waals surface area contributed by atoms with Crippen LogP contribution in [-0.2, 0) is 11.2 Å². The SMILES string of the molecule is O=C(CCCc1ccccn1)Nc1ccc(Br)cn1. The molecular formula is C14H14BrN3O. The molecule has 0 aromatic carbocycles. The van der Waals surface area contributed by atoms with Crippen molar-refractivity contribution in [1.82, 2.24) is 9.97 Å². The largest absolute Gasteiger partial charge is 0.311 e. The summed E-state index contributed by atoms with van der Waals surface area (Å²) in [5, 5.41) is 2.76. The average Bonchev–Trinajstić information content (AvgIpc) is 2.43. The Balaban J connectivity index is 1.74. The van der Waals surface area contributed by atoms with Gasteiger partial charge in [0.25, 0.3) is 0 Å². The highest BCUT2D eigenvalue weighted by atomic mass is 79.9. The van der Waals surface area contributed by atoms with Gasteiger partial charge in [0, 0.05) is 29.0 Å². The van der Waals surface area contributed by atoms with E-state index >= 15 is 0 Å². The van der Waals surface area contributed by atoms with Crippen molar-refractivity contribution >= 4 is 27.7 Å². The minimum atomic E-state index is -0.0225. The van der Waals surface area contributed by atoms with Crippen molar-refractivity contribution in [3.8, 4) is 0 Å². The number of anilines is 1. The van der Waals surface area contributed by atoms with Gasteiger partial charge in [-0.05, 0) is 53.0 Å². The maximum atomic E-state index is 11.7. The maximum absolute atomic E-state index is 11.7. The Morgan fingerprint density at radius 3 is 2.79 bits per heavy atom. The monoisotopic (exact) mass is 319 g/mol. The summed E-state index contributed by atoms with van der Waals surface area (Å²) >= 11 is 3.30. The van der Waals surface area contributed by atoms with Crippen molar-refractivity contribution < 1.29 is 4.79 Å². The summed E-state index contributed by atoms with van der Waals surface area (Å²) in [6.45, 7) is 0. The van der Waals surface area contributed by atoms with Crippen LogP contribution in [0.15, 0.2) is 47.2 Å². The van der Waals surface area contributed by atoms with Crippen LogP contribution >= 0.6 is 15.9 Å². The zero-order valence-corrected chi connectivity index (χ0v) is 11.9. The number of nitrogens with one attached hydrogen (secondary N) is 1. The Hall–Kier alpha value is -1.75. The molecule has 0 unspecified atom stereocenters. The highest BCUT2D eigenvalue weighted by Gasteiger charge is 2.03. The van der Waals surface area contributed by atoms with Crippen molar-refractivity contribution in [3.05, 3.63) is 52.9 Å². The number of rotatable bonds is 5. The molecule has 4 nitrogen and oxygen atoms in total. The Bertz CT molecular complexity index is 528. The smallest absolute Gasteiger partial charge is 0.225 e. The molecule has 0 bridgehead atoms. The first-order valence-electron chi connectivity index (χ1n) is 6.05. The van der Waals surface area contributed by atoms with Crippen LogP contribution < -0.4 is 5.32 Å². The van der Waals surface area contributed by atoms with Crippen LogP contribution in [0.1, 0.15) is 18.5 Å². The number of carbonyl (C=O) groups excluding carboxylic acids is 1. The summed E-state index contributed by atoms with van der Waals surface area (Å²) in [7, 11) is 0. The molecule has 0 atom stereocenters. The summed E-state index contributed by atoms with van der Waals surface area (Å²) < 4.78 is 0.889. The Labute approximate surface area is 120 Å². The molecular weight excluding hydrogens is 306 g/mol. The number of nitrogens with zero attached hydrogens (tertiary/aromatic N) is 2. The van der Waals surface area contributed by atoms with Gasteiger partial charge in [0.15, 0.2) is 0 Å². The fraction of sp³-hybridized carbons (Fsp3) is 0.214. The Morgan fingerprint density at radius 1 is 1.21 bits per heavy atom. The van der Waals surface area contributed by atoms with E-state index in [1.54, 1.807) is 18.5 Å². The van der Waals surface area contributed by atoms with E-state index in [-0.39, 0.29) is 5.91 Å². The number of halogens is 1. The molecule has 0 aliphatic heterocycles. The van der Waals surface area contributed by atoms with Gasteiger partial charge in [-0.25, -0.2) is 4.98 Å². The van der Waals surface area contributed by atoms with Crippen molar-refractivity contribution in [2.75, 3.05) is 5.32 Å². The molecule has 0 saturated carbocycles. The molecule has 2 aromatic rings. The normalized spacial score (nSPS) is 10.2. The lowest BCUT2D eigenvalue weighted by Crippen LogP contribution is -2.12. The van der Waals surface area contributed by atoms with Gasteiger partial charge in [-0.1, -0.05) is 6.07 Å². The zero-order chi connectivity index (χ0) is 13.5. The molecule has 0 aliphatic rings. The van der Waals surface area contributed by atoms with Gasteiger partial charge < -0.3 is 5.32 Å². The summed E-state index contributed by atoms with van der Waals surface area (Å²) in [6.07, 6.45) is 5.47. The molecule has 0 spiro atoms. The van der Waals surface area contributed by atoms with Crippen LogP contribution in [0.25, 0.3) is 0 Å². The van der Waals surface area contributed by atoms with Crippen molar-refractivity contribution in [3.63, 3.8) is 0 Å². The zero-order valence-electron chi connectivity index (χ0n) is 10.3. The predicted molar refractivity (Wildman–Crippen MR) is 77.7 cm³/mol. The van der Waals surface area contributed by atoms with E-state index in [0.29, 0.717) is 12.2 Å². The van der Waals surface area contributed by atoms with Crippen LogP contribution in [0.5, 0.6) is 0 Å². The molecule has 0 fully saturated rings. The molecule has 1 N–H and O–H groups in total. The van der Waals surface area contributed by atoms with Gasteiger partial charge in [0.1, 0.15) is 5.82 Å². The summed E-state index contributed by atoms with van der Waals surface area (Å²) in [4.78, 5) is 20.0. The minimum absolute atomic E-state index is 0.0225. The third-order valence-corrected chi connectivity index (χ3v) is 3.03. The third kappa shape index (κ3) is 4.79. The number of aromatic nitrogens is 2. The van der Waals surface area contributed by atoms with Crippen LogP contribution in [0.3, 0.4) is 0 Å². The Kier molecular flexibility index (Phi) is 5.03. The fourth-order valence-electron chi connectivity index (χ4n) is 1.63. The molecule has 19 heavy (non-hydrogen) atoms. The van der Waals surface area contributed by atoms with Crippen LogP contribution in [0.2, 0.25) is 0 Å². The van der Waals surface area contributed by atoms with Crippen molar-refractivity contribution in [1.29, 1.82) is 0 Å². The predicted octanol–water partition coefficient (Wildman–Crippen LogP) is 3.20. The summed E-state index contributed by atoms with van der Waals surface area (Å²) in [5.41, 5.74) is 1.01. The number of aryl methyl sites for hydroxylation is 1. The van der Waals surface area contributed by atoms with Crippen LogP contribution in [-0.4, -0.2) is 15.9 Å². The van der Waals surface area contributed by atoms with Crippen molar-refractivity contribution in [2.24, 2.45) is 0 Å². The highest BCUT2D eigenvalue weighted by Crippen LogP contribution is 2.11. The number of hydrogen-bond acceptors (Lipinski definition) is 3. The summed E-state index contributed by atoms with van der Waals surface area (Å²) in [6, 6.07) is 9.41. The van der Waals surface area contributed by atoms with Gasteiger partial charge in [-0.2, -0.15) is 0 Å². The molecule has 0 radical (unpaired) electrons. The lowest BCUT2D eigenvalue weighted by atomic mass is 10.2. The summed E-state index contributed by atoms with van der Waals surface area (Å²) in [5.74, 6) is 0.553. The number of pyridine rings is 2. The second-order valence-corrected chi connectivity index (χ2v) is 5.00. The second-order valence-electron chi connectivity index (χ2n) is 4.08. The van der Waals surface area contributed by atoms with Crippen LogP contribution in [0.4, 0.5) is 5.82 Å². The quantitative estimate of drug-likeness (QED) is 0.920. The lowest BCUT2D eigenvalue weighted by molar-refractivity contribution is -0.116. The number of carbonyl (C=O) groups is 1. The molecule has 0 aliphatic carbocycles. The minimum Gasteiger partial charge on any atom is -0.311 e. The van der Waals surface area contributed by atoms with E-state index in [4.69, 9.17) is 0 Å². The molecule has 5 heteroatoms. The average molecular weight is 320 g/mol. The first-order chi connectivity index (χ1) is 9.24. The second kappa shape index (κ2) is 6.99. The molecule has 2 rings (SSSR count). The van der Waals surface area contributed by atoms with Gasteiger partial charge >= 0.3 is 0 Å². The first-order valence-corrected chi connectivity index (χ1v) is 6.84. The standard InChI is InChI=1S/C14H14BrN3O/c15-11-7-8-13(17-10-11)18-14(19)6-3-5-12-4-1-2-9-16-12/h1-2,4,7-10H,3,5-6H2,(H,17,18,19). The van der Waals surface area contributed by atoms with Crippen LogP contribution in [0, 0.1) is 0 Å². The van der Waals surface area contributed by atoms with E-state index in [0.717, 1.165) is 23.0 Å². The van der Waals surface area contributed by atoms with E-state index in [2.05, 4.69) is 31.2 Å². The molecule has 98 valence electrons. The van der Waals surface area contributed by atoms with E-state index in [9.17, 15) is 4.79 Å². The Morgan fingerprint density at radius 2 is 2.11 bits per heavy atom. The van der Waals surface area contributed by atoms with Gasteiger partial charge in [-0.15, -0.1) is 0 Å². The molecule has 2 aromatic heterocycles. The fourth-order valence-corrected chi connectivity index (χ4v) is 1.87.